The Morgan fingerprint density at radius 2 is 2.00 bits per heavy atom. The van der Waals surface area contributed by atoms with E-state index in [0.717, 1.165) is 36.1 Å². The molecule has 1 fully saturated rings. The van der Waals surface area contributed by atoms with Crippen LogP contribution in [-0.4, -0.2) is 27.9 Å². The minimum absolute atomic E-state index is 0.159. The summed E-state index contributed by atoms with van der Waals surface area (Å²) in [6, 6.07) is 14.3. The summed E-state index contributed by atoms with van der Waals surface area (Å²) in [5.74, 6) is 0.159. The van der Waals surface area contributed by atoms with Crippen LogP contribution in [-0.2, 0) is 24.3 Å². The first-order valence-electron chi connectivity index (χ1n) is 8.39. The molecule has 0 saturated carbocycles. The van der Waals surface area contributed by atoms with Gasteiger partial charge in [0.1, 0.15) is 10.1 Å². The zero-order chi connectivity index (χ0) is 16.6. The molecule has 2 aliphatic heterocycles. The number of amides is 1. The first-order valence-corrected chi connectivity index (χ1v) is 9.18. The van der Waals surface area contributed by atoms with Crippen molar-refractivity contribution in [3.05, 3.63) is 63.9 Å². The van der Waals surface area contributed by atoms with E-state index >= 15 is 0 Å². The summed E-state index contributed by atoms with van der Waals surface area (Å²) in [6.07, 6.45) is 2.73. The second-order valence-corrected chi connectivity index (χ2v) is 7.45. The summed E-state index contributed by atoms with van der Waals surface area (Å²) in [7, 11) is 0. The Morgan fingerprint density at radius 3 is 2.83 bits per heavy atom. The molecule has 1 atom stereocenters. The maximum atomic E-state index is 13.0. The van der Waals surface area contributed by atoms with Gasteiger partial charge in [-0.05, 0) is 58.6 Å². The smallest absolute Gasteiger partial charge is 0.241 e. The number of carbonyl (C=O) groups excluding carboxylic acids is 1. The Balaban J connectivity index is 1.67. The van der Waals surface area contributed by atoms with Crippen LogP contribution < -0.4 is 5.32 Å². The zero-order valence-corrected chi connectivity index (χ0v) is 15.1. The molecule has 0 bridgehead atoms. The molecule has 1 N–H and O–H groups in total. The number of nitrogens with zero attached hydrogens (tertiary/aromatic N) is 2. The van der Waals surface area contributed by atoms with Gasteiger partial charge in [-0.25, -0.2) is 4.98 Å². The van der Waals surface area contributed by atoms with Crippen LogP contribution in [0.2, 0.25) is 0 Å². The number of nitrogens with one attached hydrogen (secondary N) is 1. The number of aromatic nitrogens is 1. The molecule has 1 aromatic heterocycles. The maximum Gasteiger partial charge on any atom is 0.241 e. The van der Waals surface area contributed by atoms with Crippen molar-refractivity contribution in [1.82, 2.24) is 15.2 Å². The van der Waals surface area contributed by atoms with Crippen LogP contribution in [0.25, 0.3) is 0 Å². The van der Waals surface area contributed by atoms with Crippen LogP contribution in [0.3, 0.4) is 0 Å². The lowest BCUT2D eigenvalue weighted by molar-refractivity contribution is -0.132. The minimum Gasteiger partial charge on any atom is -0.350 e. The molecular weight excluding hydrogens is 366 g/mol. The quantitative estimate of drug-likeness (QED) is 0.807. The fourth-order valence-corrected chi connectivity index (χ4v) is 4.37. The summed E-state index contributed by atoms with van der Waals surface area (Å²) in [4.78, 5) is 19.9. The molecule has 2 aromatic rings. The molecule has 1 saturated heterocycles. The monoisotopic (exact) mass is 385 g/mol. The summed E-state index contributed by atoms with van der Waals surface area (Å²) >= 11 is 3.44. The van der Waals surface area contributed by atoms with E-state index in [1.165, 1.54) is 11.1 Å². The van der Waals surface area contributed by atoms with Gasteiger partial charge in [-0.2, -0.15) is 0 Å². The molecule has 1 aromatic carbocycles. The summed E-state index contributed by atoms with van der Waals surface area (Å²) in [5, 5.41) is 3.15. The fraction of sp³-hybridized carbons (Fsp3) is 0.368. The van der Waals surface area contributed by atoms with Crippen molar-refractivity contribution in [3.8, 4) is 0 Å². The highest BCUT2D eigenvalue weighted by Gasteiger charge is 2.48. The highest BCUT2D eigenvalue weighted by molar-refractivity contribution is 9.10. The Kier molecular flexibility index (Phi) is 4.14. The maximum absolute atomic E-state index is 13.0. The number of carbonyl (C=O) groups is 1. The predicted octanol–water partition coefficient (Wildman–Crippen LogP) is 3.05. The van der Waals surface area contributed by atoms with Crippen molar-refractivity contribution in [2.24, 2.45) is 0 Å². The Morgan fingerprint density at radius 1 is 1.17 bits per heavy atom. The van der Waals surface area contributed by atoms with Gasteiger partial charge in [0.25, 0.3) is 0 Å². The molecule has 1 amide bonds. The van der Waals surface area contributed by atoms with Crippen LogP contribution >= 0.6 is 15.9 Å². The number of hydrogen-bond donors (Lipinski definition) is 1. The molecule has 1 spiro atoms. The number of hydrogen-bond acceptors (Lipinski definition) is 3. The van der Waals surface area contributed by atoms with Crippen LogP contribution in [0, 0.1) is 0 Å². The molecule has 0 aliphatic carbocycles. The lowest BCUT2D eigenvalue weighted by Gasteiger charge is -2.36. The molecule has 1 unspecified atom stereocenters. The van der Waals surface area contributed by atoms with Gasteiger partial charge in [0.15, 0.2) is 0 Å². The zero-order valence-electron chi connectivity index (χ0n) is 13.5. The molecule has 24 heavy (non-hydrogen) atoms. The normalized spacial score (nSPS) is 23.8. The number of likely N-dealkylation sites (tertiary alicyclic amines) is 1. The van der Waals surface area contributed by atoms with Crippen molar-refractivity contribution in [2.75, 3.05) is 6.54 Å². The van der Waals surface area contributed by atoms with E-state index in [1.54, 1.807) is 0 Å². The lowest BCUT2D eigenvalue weighted by Crippen LogP contribution is -2.55. The highest BCUT2D eigenvalue weighted by atomic mass is 79.9. The molecule has 0 radical (unpaired) electrons. The molecule has 4 rings (SSSR count). The van der Waals surface area contributed by atoms with E-state index in [9.17, 15) is 4.79 Å². The molecule has 2 aliphatic rings. The summed E-state index contributed by atoms with van der Waals surface area (Å²) < 4.78 is 0.837. The van der Waals surface area contributed by atoms with Gasteiger partial charge in [0.2, 0.25) is 5.91 Å². The average Bonchev–Trinajstić information content (AvgIpc) is 2.90. The van der Waals surface area contributed by atoms with E-state index in [-0.39, 0.29) is 5.91 Å². The molecule has 124 valence electrons. The fourth-order valence-electron chi connectivity index (χ4n) is 3.99. The molecule has 5 heteroatoms. The number of halogens is 1. The second kappa shape index (κ2) is 6.30. The van der Waals surface area contributed by atoms with E-state index in [1.807, 2.05) is 24.3 Å². The Hall–Kier alpha value is -1.72. The van der Waals surface area contributed by atoms with E-state index in [2.05, 4.69) is 49.3 Å². The molecule has 4 nitrogen and oxygen atoms in total. The predicted molar refractivity (Wildman–Crippen MR) is 96.3 cm³/mol. The topological polar surface area (TPSA) is 45.2 Å². The van der Waals surface area contributed by atoms with E-state index < -0.39 is 5.54 Å². The molecular formula is C19H20BrN3O. The van der Waals surface area contributed by atoms with Crippen molar-refractivity contribution < 1.29 is 4.79 Å². The minimum atomic E-state index is -0.448. The third-order valence-corrected chi connectivity index (χ3v) is 5.65. The van der Waals surface area contributed by atoms with Gasteiger partial charge in [-0.15, -0.1) is 0 Å². The second-order valence-electron chi connectivity index (χ2n) is 6.64. The van der Waals surface area contributed by atoms with Crippen LogP contribution in [0.15, 0.2) is 47.1 Å². The summed E-state index contributed by atoms with van der Waals surface area (Å²) in [6.45, 7) is 2.26. The van der Waals surface area contributed by atoms with Crippen molar-refractivity contribution >= 4 is 21.8 Å². The average molecular weight is 386 g/mol. The number of fused-ring (bicyclic) bond motifs is 1. The van der Waals surface area contributed by atoms with Crippen molar-refractivity contribution in [1.29, 1.82) is 0 Å². The summed E-state index contributed by atoms with van der Waals surface area (Å²) in [5.41, 5.74) is 3.06. The Labute approximate surface area is 150 Å². The van der Waals surface area contributed by atoms with Gasteiger partial charge >= 0.3 is 0 Å². The third kappa shape index (κ3) is 2.76. The Bertz CT molecular complexity index is 779. The van der Waals surface area contributed by atoms with Gasteiger partial charge in [0, 0.05) is 19.5 Å². The van der Waals surface area contributed by atoms with E-state index in [4.69, 9.17) is 0 Å². The van der Waals surface area contributed by atoms with Gasteiger partial charge < -0.3 is 5.32 Å². The van der Waals surface area contributed by atoms with Crippen LogP contribution in [0.5, 0.6) is 0 Å². The number of pyridine rings is 1. The SMILES string of the molecule is O=C1NCc2ccccc2CC12CCCN2Cc1cccc(Br)n1. The van der Waals surface area contributed by atoms with Gasteiger partial charge in [-0.1, -0.05) is 30.3 Å². The van der Waals surface area contributed by atoms with Crippen LogP contribution in [0.1, 0.15) is 29.7 Å². The standard InChI is InChI=1S/C19H20BrN3O/c20-17-8-3-7-16(22-17)13-23-10-4-9-19(23)11-14-5-1-2-6-15(14)12-21-18(19)24/h1-3,5-8H,4,9-13H2,(H,21,24). The van der Waals surface area contributed by atoms with Gasteiger partial charge in [0.05, 0.1) is 5.69 Å². The lowest BCUT2D eigenvalue weighted by atomic mass is 9.86. The largest absolute Gasteiger partial charge is 0.350 e. The number of rotatable bonds is 2. The number of benzene rings is 1. The van der Waals surface area contributed by atoms with Crippen LogP contribution in [0.4, 0.5) is 0 Å². The van der Waals surface area contributed by atoms with Gasteiger partial charge in [-0.3, -0.25) is 9.69 Å². The van der Waals surface area contributed by atoms with E-state index in [0.29, 0.717) is 13.1 Å². The molecule has 3 heterocycles. The third-order valence-electron chi connectivity index (χ3n) is 5.21. The van der Waals surface area contributed by atoms with Crippen molar-refractivity contribution in [2.45, 2.75) is 37.9 Å². The first-order chi connectivity index (χ1) is 11.7. The highest BCUT2D eigenvalue weighted by Crippen LogP contribution is 2.36. The van der Waals surface area contributed by atoms with Crippen molar-refractivity contribution in [3.63, 3.8) is 0 Å². The first kappa shape index (κ1) is 15.8.